The van der Waals surface area contributed by atoms with E-state index >= 15 is 0 Å². The summed E-state index contributed by atoms with van der Waals surface area (Å²) in [5, 5.41) is 0. The van der Waals surface area contributed by atoms with E-state index in [1.807, 2.05) is 25.1 Å². The molecule has 0 saturated heterocycles. The second-order valence-corrected chi connectivity index (χ2v) is 3.95. The van der Waals surface area contributed by atoms with Crippen molar-refractivity contribution in [2.75, 3.05) is 0 Å². The summed E-state index contributed by atoms with van der Waals surface area (Å²) in [6.07, 6.45) is 1.14. The summed E-state index contributed by atoms with van der Waals surface area (Å²) in [5.41, 5.74) is 7.45. The Hall–Kier alpha value is -0.830. The first-order valence-corrected chi connectivity index (χ1v) is 4.92. The van der Waals surface area contributed by atoms with Crippen LogP contribution in [0.3, 0.4) is 0 Å². The van der Waals surface area contributed by atoms with Crippen LogP contribution in [-0.4, -0.2) is 5.91 Å². The van der Waals surface area contributed by atoms with Gasteiger partial charge in [0.15, 0.2) is 0 Å². The van der Waals surface area contributed by atoms with Gasteiger partial charge in [-0.05, 0) is 36.6 Å². The molecule has 0 aliphatic rings. The molecule has 0 aliphatic carbocycles. The fourth-order valence-corrected chi connectivity index (χ4v) is 1.58. The number of primary amides is 1. The van der Waals surface area contributed by atoms with Crippen LogP contribution >= 0.6 is 15.9 Å². The number of carbonyl (C=O) groups is 1. The van der Waals surface area contributed by atoms with Crippen molar-refractivity contribution >= 4 is 21.8 Å². The third kappa shape index (κ3) is 3.19. The zero-order valence-electron chi connectivity index (χ0n) is 7.51. The van der Waals surface area contributed by atoms with Crippen molar-refractivity contribution < 1.29 is 4.79 Å². The van der Waals surface area contributed by atoms with Crippen molar-refractivity contribution in [2.24, 2.45) is 5.73 Å². The highest BCUT2D eigenvalue weighted by atomic mass is 79.9. The molecule has 70 valence electrons. The lowest BCUT2D eigenvalue weighted by Gasteiger charge is -2.04. The maximum Gasteiger partial charge on any atom is 0.217 e. The number of hydrogen-bond acceptors (Lipinski definition) is 1. The molecule has 0 aromatic heterocycles. The zero-order valence-corrected chi connectivity index (χ0v) is 9.10. The van der Waals surface area contributed by atoms with Gasteiger partial charge in [0, 0.05) is 10.9 Å². The average Bonchev–Trinajstić information content (AvgIpc) is 2.06. The molecule has 2 nitrogen and oxygen atoms in total. The SMILES string of the molecule is Cc1ccc(Br)cc1CCC(N)=O. The Kier molecular flexibility index (Phi) is 3.48. The number of rotatable bonds is 3. The minimum atomic E-state index is -0.251. The highest BCUT2D eigenvalue weighted by Gasteiger charge is 2.01. The normalized spacial score (nSPS) is 10.0. The molecule has 3 heteroatoms. The van der Waals surface area contributed by atoms with E-state index in [0.29, 0.717) is 6.42 Å². The van der Waals surface area contributed by atoms with Gasteiger partial charge < -0.3 is 5.73 Å². The first-order valence-electron chi connectivity index (χ1n) is 4.13. The Bertz CT molecular complexity index is 323. The Morgan fingerprint density at radius 2 is 2.23 bits per heavy atom. The van der Waals surface area contributed by atoms with Crippen LogP contribution in [0.4, 0.5) is 0 Å². The van der Waals surface area contributed by atoms with Gasteiger partial charge in [0.05, 0.1) is 0 Å². The van der Waals surface area contributed by atoms with Crippen LogP contribution in [0.15, 0.2) is 22.7 Å². The Morgan fingerprint density at radius 1 is 1.54 bits per heavy atom. The Morgan fingerprint density at radius 3 is 2.85 bits per heavy atom. The van der Waals surface area contributed by atoms with Crippen LogP contribution in [0.5, 0.6) is 0 Å². The quantitative estimate of drug-likeness (QED) is 0.867. The largest absolute Gasteiger partial charge is 0.370 e. The summed E-state index contributed by atoms with van der Waals surface area (Å²) in [4.78, 5) is 10.6. The first kappa shape index (κ1) is 10.3. The molecule has 0 aliphatic heterocycles. The van der Waals surface area contributed by atoms with Crippen molar-refractivity contribution in [3.63, 3.8) is 0 Å². The Balaban J connectivity index is 2.75. The topological polar surface area (TPSA) is 43.1 Å². The van der Waals surface area contributed by atoms with Crippen LogP contribution < -0.4 is 5.73 Å². The second-order valence-electron chi connectivity index (χ2n) is 3.04. The van der Waals surface area contributed by atoms with E-state index in [-0.39, 0.29) is 5.91 Å². The standard InChI is InChI=1S/C10H12BrNO/c1-7-2-4-9(11)6-8(7)3-5-10(12)13/h2,4,6H,3,5H2,1H3,(H2,12,13). The van der Waals surface area contributed by atoms with Crippen LogP contribution in [-0.2, 0) is 11.2 Å². The molecule has 1 rings (SSSR count). The molecule has 0 radical (unpaired) electrons. The molecular weight excluding hydrogens is 230 g/mol. The monoisotopic (exact) mass is 241 g/mol. The summed E-state index contributed by atoms with van der Waals surface area (Å²) in [7, 11) is 0. The average molecular weight is 242 g/mol. The molecule has 1 aromatic rings. The van der Waals surface area contributed by atoms with Crippen molar-refractivity contribution in [3.05, 3.63) is 33.8 Å². The van der Waals surface area contributed by atoms with Crippen LogP contribution in [0.25, 0.3) is 0 Å². The number of amides is 1. The minimum Gasteiger partial charge on any atom is -0.370 e. The molecule has 2 N–H and O–H groups in total. The van der Waals surface area contributed by atoms with E-state index in [2.05, 4.69) is 15.9 Å². The van der Waals surface area contributed by atoms with E-state index in [9.17, 15) is 4.79 Å². The summed E-state index contributed by atoms with van der Waals surface area (Å²) in [6.45, 7) is 2.03. The highest BCUT2D eigenvalue weighted by Crippen LogP contribution is 2.17. The lowest BCUT2D eigenvalue weighted by molar-refractivity contribution is -0.117. The Labute approximate surface area is 86.3 Å². The summed E-state index contributed by atoms with van der Waals surface area (Å²) >= 11 is 3.39. The fraction of sp³-hybridized carbons (Fsp3) is 0.300. The third-order valence-electron chi connectivity index (χ3n) is 1.95. The molecule has 1 amide bonds. The van der Waals surface area contributed by atoms with Crippen molar-refractivity contribution in [1.82, 2.24) is 0 Å². The number of nitrogens with two attached hydrogens (primary N) is 1. The highest BCUT2D eigenvalue weighted by molar-refractivity contribution is 9.10. The van der Waals surface area contributed by atoms with E-state index in [1.165, 1.54) is 11.1 Å². The van der Waals surface area contributed by atoms with Crippen molar-refractivity contribution in [1.29, 1.82) is 0 Å². The van der Waals surface area contributed by atoms with Crippen LogP contribution in [0.1, 0.15) is 17.5 Å². The molecule has 0 saturated carbocycles. The summed E-state index contributed by atoms with van der Waals surface area (Å²) in [5.74, 6) is -0.251. The van der Waals surface area contributed by atoms with Gasteiger partial charge in [-0.25, -0.2) is 0 Å². The molecule has 0 unspecified atom stereocenters. The van der Waals surface area contributed by atoms with Gasteiger partial charge >= 0.3 is 0 Å². The lowest BCUT2D eigenvalue weighted by Crippen LogP contribution is -2.11. The van der Waals surface area contributed by atoms with Gasteiger partial charge in [-0.3, -0.25) is 4.79 Å². The molecule has 0 bridgehead atoms. The number of aryl methyl sites for hydroxylation is 2. The van der Waals surface area contributed by atoms with Gasteiger partial charge in [-0.15, -0.1) is 0 Å². The molecule has 0 atom stereocenters. The summed E-state index contributed by atoms with van der Waals surface area (Å²) < 4.78 is 1.04. The molecule has 1 aromatic carbocycles. The van der Waals surface area contributed by atoms with Gasteiger partial charge in [-0.1, -0.05) is 22.0 Å². The fourth-order valence-electron chi connectivity index (χ4n) is 1.17. The van der Waals surface area contributed by atoms with Crippen molar-refractivity contribution in [2.45, 2.75) is 19.8 Å². The smallest absolute Gasteiger partial charge is 0.217 e. The van der Waals surface area contributed by atoms with Crippen molar-refractivity contribution in [3.8, 4) is 0 Å². The number of halogens is 1. The maximum absolute atomic E-state index is 10.6. The molecule has 0 spiro atoms. The second kappa shape index (κ2) is 4.42. The zero-order chi connectivity index (χ0) is 9.84. The van der Waals surface area contributed by atoms with E-state index in [4.69, 9.17) is 5.73 Å². The van der Waals surface area contributed by atoms with E-state index < -0.39 is 0 Å². The van der Waals surface area contributed by atoms with Gasteiger partial charge in [0.25, 0.3) is 0 Å². The lowest BCUT2D eigenvalue weighted by atomic mass is 10.0. The summed E-state index contributed by atoms with van der Waals surface area (Å²) in [6, 6.07) is 6.04. The number of carbonyl (C=O) groups excluding carboxylic acids is 1. The maximum atomic E-state index is 10.6. The molecule has 13 heavy (non-hydrogen) atoms. The minimum absolute atomic E-state index is 0.251. The predicted octanol–water partition coefficient (Wildman–Crippen LogP) is 2.18. The van der Waals surface area contributed by atoms with Gasteiger partial charge in [0.2, 0.25) is 5.91 Å². The van der Waals surface area contributed by atoms with Gasteiger partial charge in [-0.2, -0.15) is 0 Å². The predicted molar refractivity (Wildman–Crippen MR) is 56.4 cm³/mol. The van der Waals surface area contributed by atoms with E-state index in [1.54, 1.807) is 0 Å². The van der Waals surface area contributed by atoms with E-state index in [0.717, 1.165) is 10.9 Å². The number of benzene rings is 1. The first-order chi connectivity index (χ1) is 6.09. The molecule has 0 fully saturated rings. The molecule has 0 heterocycles. The molecular formula is C10H12BrNO. The van der Waals surface area contributed by atoms with Crippen LogP contribution in [0.2, 0.25) is 0 Å². The third-order valence-corrected chi connectivity index (χ3v) is 2.45. The van der Waals surface area contributed by atoms with Gasteiger partial charge in [0.1, 0.15) is 0 Å². The van der Waals surface area contributed by atoms with Crippen LogP contribution in [0, 0.1) is 6.92 Å². The number of hydrogen-bond donors (Lipinski definition) is 1.